The van der Waals surface area contributed by atoms with Crippen molar-refractivity contribution in [3.63, 3.8) is 0 Å². The third kappa shape index (κ3) is 5.31. The maximum absolute atomic E-state index is 12.8. The highest BCUT2D eigenvalue weighted by molar-refractivity contribution is 8.04. The van der Waals surface area contributed by atoms with Crippen LogP contribution in [0.1, 0.15) is 26.3 Å². The normalized spacial score (nSPS) is 20.0. The molecule has 0 spiro atoms. The van der Waals surface area contributed by atoms with Crippen molar-refractivity contribution < 1.29 is 24.2 Å². The molecular formula is C22H22ClN3O6S4. The Bertz CT molecular complexity index is 1380. The molecule has 2 atom stereocenters. The van der Waals surface area contributed by atoms with Gasteiger partial charge in [0.1, 0.15) is 22.7 Å². The molecule has 0 bridgehead atoms. The lowest BCUT2D eigenvalue weighted by Crippen LogP contribution is -2.70. The molecule has 0 aromatic carbocycles. The largest absolute Gasteiger partial charge is 0.477 e. The molecule has 14 heteroatoms. The summed E-state index contributed by atoms with van der Waals surface area (Å²) in [5.74, 6) is -1.44. The van der Waals surface area contributed by atoms with Crippen molar-refractivity contribution in [1.29, 1.82) is 0 Å². The molecular weight excluding hydrogens is 566 g/mol. The molecule has 4 rings (SSSR count). The fraction of sp³-hybridized carbons (Fsp3) is 0.364. The van der Waals surface area contributed by atoms with E-state index in [-0.39, 0.29) is 17.7 Å². The standard InChI is InChI=1S/C22H22ClN3O6S4/c1-22(2,3)32-21(31)25-13-16(28)26-14(18(29)30)9(8-34-17(13)26)4-5-33-19-11(7-24)15(27)10-6-12(23)35-20(10)36-19/h4-6,13,17H,7-8,24H2,1-3H3,(H,25,31)(H,29,30)/b5-4+. The topological polar surface area (TPSA) is 139 Å². The second-order valence-corrected chi connectivity index (χ2v) is 14.0. The minimum Gasteiger partial charge on any atom is -0.477 e. The number of carboxylic acids is 1. The fourth-order valence-corrected chi connectivity index (χ4v) is 8.90. The van der Waals surface area contributed by atoms with E-state index in [1.165, 1.54) is 51.1 Å². The van der Waals surface area contributed by atoms with E-state index in [0.717, 1.165) is 4.01 Å². The molecule has 9 nitrogen and oxygen atoms in total. The molecule has 0 radical (unpaired) electrons. The summed E-state index contributed by atoms with van der Waals surface area (Å²) in [5, 5.41) is 14.1. The number of hydrogen-bond donors (Lipinski definition) is 3. The van der Waals surface area contributed by atoms with Crippen LogP contribution in [-0.4, -0.2) is 50.7 Å². The van der Waals surface area contributed by atoms with Crippen molar-refractivity contribution in [2.75, 3.05) is 5.75 Å². The first-order chi connectivity index (χ1) is 16.9. The highest BCUT2D eigenvalue weighted by Gasteiger charge is 2.54. The van der Waals surface area contributed by atoms with E-state index in [1.54, 1.807) is 38.3 Å². The maximum Gasteiger partial charge on any atom is 0.408 e. The van der Waals surface area contributed by atoms with Crippen LogP contribution >= 0.6 is 57.8 Å². The van der Waals surface area contributed by atoms with Gasteiger partial charge in [-0.05, 0) is 43.9 Å². The summed E-state index contributed by atoms with van der Waals surface area (Å²) < 4.78 is 7.21. The zero-order valence-corrected chi connectivity index (χ0v) is 23.3. The molecule has 2 unspecified atom stereocenters. The average Bonchev–Trinajstić information content (AvgIpc) is 3.16. The number of rotatable bonds is 6. The lowest BCUT2D eigenvalue weighted by molar-refractivity contribution is -0.149. The summed E-state index contributed by atoms with van der Waals surface area (Å²) in [7, 11) is 0. The second-order valence-electron chi connectivity index (χ2n) is 8.79. The highest BCUT2D eigenvalue weighted by Crippen LogP contribution is 2.42. The fourth-order valence-electron chi connectivity index (χ4n) is 3.64. The number of carbonyl (C=O) groups is 3. The van der Waals surface area contributed by atoms with E-state index < -0.39 is 35.0 Å². The van der Waals surface area contributed by atoms with Crippen LogP contribution in [0.4, 0.5) is 4.79 Å². The van der Waals surface area contributed by atoms with Crippen molar-refractivity contribution >= 4 is 85.2 Å². The summed E-state index contributed by atoms with van der Waals surface area (Å²) in [6.45, 7) is 5.19. The molecule has 2 amide bonds. The van der Waals surface area contributed by atoms with Crippen LogP contribution in [0.25, 0.3) is 9.40 Å². The van der Waals surface area contributed by atoms with E-state index in [4.69, 9.17) is 22.1 Å². The Labute approximate surface area is 227 Å². The van der Waals surface area contributed by atoms with Gasteiger partial charge in [-0.25, -0.2) is 9.59 Å². The molecule has 2 aliphatic heterocycles. The molecule has 1 fully saturated rings. The van der Waals surface area contributed by atoms with Crippen LogP contribution in [0.2, 0.25) is 4.34 Å². The number of hydrogen-bond acceptors (Lipinski definition) is 10. The number of alkyl carbamates (subject to hydrolysis) is 1. The number of nitrogens with two attached hydrogens (primary N) is 1. The summed E-state index contributed by atoms with van der Waals surface area (Å²) in [6, 6.07) is 0.770. The van der Waals surface area contributed by atoms with Crippen molar-refractivity contribution in [3.8, 4) is 0 Å². The number of thiophene rings is 1. The first kappa shape index (κ1) is 27.0. The molecule has 4 heterocycles. The lowest BCUT2D eigenvalue weighted by Gasteiger charge is -2.49. The molecule has 1 saturated heterocycles. The molecule has 2 aromatic rings. The average molecular weight is 588 g/mol. The minimum absolute atomic E-state index is 0.0594. The highest BCUT2D eigenvalue weighted by atomic mass is 35.5. The van der Waals surface area contributed by atoms with Crippen molar-refractivity contribution in [3.05, 3.63) is 48.9 Å². The molecule has 2 aliphatic rings. The number of aliphatic carboxylic acids is 1. The van der Waals surface area contributed by atoms with Gasteiger partial charge >= 0.3 is 12.1 Å². The number of ether oxygens (including phenoxy) is 1. The number of carbonyl (C=O) groups excluding carboxylic acids is 2. The van der Waals surface area contributed by atoms with Gasteiger partial charge in [0.15, 0.2) is 5.43 Å². The summed E-state index contributed by atoms with van der Waals surface area (Å²) in [4.78, 5) is 50.9. The van der Waals surface area contributed by atoms with E-state index in [9.17, 15) is 24.3 Å². The maximum atomic E-state index is 12.8. The monoisotopic (exact) mass is 587 g/mol. The molecule has 0 saturated carbocycles. The summed E-state index contributed by atoms with van der Waals surface area (Å²) in [6.07, 6.45) is 0.894. The molecule has 0 aliphatic carbocycles. The van der Waals surface area contributed by atoms with E-state index in [1.807, 2.05) is 0 Å². The van der Waals surface area contributed by atoms with Crippen molar-refractivity contribution in [2.45, 2.75) is 48.5 Å². The predicted molar refractivity (Wildman–Crippen MR) is 145 cm³/mol. The quantitative estimate of drug-likeness (QED) is 0.335. The lowest BCUT2D eigenvalue weighted by atomic mass is 10.0. The Kier molecular flexibility index (Phi) is 7.79. The van der Waals surface area contributed by atoms with E-state index in [2.05, 4.69) is 5.32 Å². The Hall–Kier alpha value is -2.03. The van der Waals surface area contributed by atoms with Crippen LogP contribution in [0.15, 0.2) is 37.8 Å². The number of nitrogens with one attached hydrogen (secondary N) is 1. The van der Waals surface area contributed by atoms with Gasteiger partial charge in [-0.2, -0.15) is 0 Å². The Balaban J connectivity index is 1.54. The first-order valence-electron chi connectivity index (χ1n) is 10.6. The number of β-lactam (4-membered cyclic amide) rings is 1. The van der Waals surface area contributed by atoms with Gasteiger partial charge in [-0.3, -0.25) is 14.5 Å². The van der Waals surface area contributed by atoms with Crippen LogP contribution in [0, 0.1) is 0 Å². The zero-order chi connectivity index (χ0) is 26.4. The number of thioether (sulfide) groups is 2. The summed E-state index contributed by atoms with van der Waals surface area (Å²) in [5.41, 5.74) is 5.72. The van der Waals surface area contributed by atoms with Gasteiger partial charge in [0.2, 0.25) is 0 Å². The Morgan fingerprint density at radius 2 is 2.08 bits per heavy atom. The predicted octanol–water partition coefficient (Wildman–Crippen LogP) is 4.19. The number of allylic oxidation sites excluding steroid dienone is 1. The summed E-state index contributed by atoms with van der Waals surface area (Å²) >= 11 is 11.4. The van der Waals surface area contributed by atoms with Crippen LogP contribution in [0.5, 0.6) is 0 Å². The van der Waals surface area contributed by atoms with Gasteiger partial charge in [0.05, 0.1) is 17.9 Å². The van der Waals surface area contributed by atoms with Gasteiger partial charge in [0, 0.05) is 17.9 Å². The van der Waals surface area contributed by atoms with Crippen LogP contribution < -0.4 is 16.5 Å². The smallest absolute Gasteiger partial charge is 0.408 e. The molecule has 4 N–H and O–H groups in total. The van der Waals surface area contributed by atoms with Gasteiger partial charge < -0.3 is 20.9 Å². The van der Waals surface area contributed by atoms with E-state index >= 15 is 0 Å². The van der Waals surface area contributed by atoms with Gasteiger partial charge in [0.25, 0.3) is 5.91 Å². The number of amides is 2. The number of fused-ring (bicyclic) bond motifs is 2. The van der Waals surface area contributed by atoms with Crippen LogP contribution in [0.3, 0.4) is 0 Å². The zero-order valence-electron chi connectivity index (χ0n) is 19.3. The SMILES string of the molecule is CC(C)(C)OC(=O)NC1C(=O)N2C(C(=O)O)=C(/C=C/Sc3sc4sc(Cl)cc4c(=O)c3CN)CSC12. The molecule has 36 heavy (non-hydrogen) atoms. The third-order valence-corrected chi connectivity index (χ3v) is 10.1. The first-order valence-corrected chi connectivity index (χ1v) is 14.5. The third-order valence-electron chi connectivity index (χ3n) is 5.14. The minimum atomic E-state index is -1.24. The van der Waals surface area contributed by atoms with Crippen molar-refractivity contribution in [2.24, 2.45) is 5.73 Å². The number of nitrogens with zero attached hydrogens (tertiary/aromatic N) is 1. The van der Waals surface area contributed by atoms with Gasteiger partial charge in [-0.15, -0.1) is 34.4 Å². The molecule has 192 valence electrons. The molecule has 2 aromatic heterocycles. The number of carboxylic acid groups (broad SMARTS) is 1. The Morgan fingerprint density at radius 3 is 2.72 bits per heavy atom. The van der Waals surface area contributed by atoms with E-state index in [0.29, 0.717) is 30.8 Å². The number of halogens is 1. The second kappa shape index (κ2) is 10.4. The van der Waals surface area contributed by atoms with Crippen LogP contribution in [-0.2, 0) is 20.9 Å². The van der Waals surface area contributed by atoms with Crippen molar-refractivity contribution in [1.82, 2.24) is 10.2 Å². The Morgan fingerprint density at radius 1 is 1.36 bits per heavy atom. The van der Waals surface area contributed by atoms with Gasteiger partial charge in [-0.1, -0.05) is 23.4 Å².